The van der Waals surface area contributed by atoms with Crippen molar-refractivity contribution in [3.05, 3.63) is 30.3 Å². The maximum absolute atomic E-state index is 9.67. The largest absolute Gasteiger partial charge is 0.492 e. The fraction of sp³-hybridized carbons (Fsp3) is 0.625. The molecule has 4 nitrogen and oxygen atoms in total. The smallest absolute Gasteiger partial charge is 0.119 e. The number of benzene rings is 1. The van der Waals surface area contributed by atoms with E-state index in [0.717, 1.165) is 58.0 Å². The highest BCUT2D eigenvalue weighted by atomic mass is 16.5. The summed E-state index contributed by atoms with van der Waals surface area (Å²) in [4.78, 5) is 4.78. The lowest BCUT2D eigenvalue weighted by Gasteiger charge is -2.35. The van der Waals surface area contributed by atoms with Gasteiger partial charge in [-0.15, -0.1) is 0 Å². The quantitative estimate of drug-likeness (QED) is 0.819. The lowest BCUT2D eigenvalue weighted by molar-refractivity contribution is 0.0663. The molecule has 0 aliphatic carbocycles. The van der Waals surface area contributed by atoms with Gasteiger partial charge in [-0.25, -0.2) is 0 Å². The zero-order valence-corrected chi connectivity index (χ0v) is 12.4. The molecule has 0 spiro atoms. The Labute approximate surface area is 122 Å². The molecule has 1 unspecified atom stereocenters. The fourth-order valence-corrected chi connectivity index (χ4v) is 2.43. The van der Waals surface area contributed by atoms with Crippen LogP contribution in [0.3, 0.4) is 0 Å². The van der Waals surface area contributed by atoms with Crippen molar-refractivity contribution in [2.24, 2.45) is 0 Å². The molecule has 4 heteroatoms. The predicted molar refractivity (Wildman–Crippen MR) is 81.1 cm³/mol. The number of β-amino-alcohol motifs (C(OH)–C–C–N with tert-alkyl or cyclic N) is 1. The second kappa shape index (κ2) is 8.25. The lowest BCUT2D eigenvalue weighted by atomic mass is 10.2. The van der Waals surface area contributed by atoms with Gasteiger partial charge < -0.3 is 9.84 Å². The normalized spacial score (nSPS) is 18.9. The molecule has 1 fully saturated rings. The number of para-hydroxylation sites is 1. The van der Waals surface area contributed by atoms with Crippen LogP contribution >= 0.6 is 0 Å². The van der Waals surface area contributed by atoms with Crippen molar-refractivity contribution in [1.82, 2.24) is 9.80 Å². The zero-order valence-electron chi connectivity index (χ0n) is 12.4. The molecule has 1 N–H and O–H groups in total. The van der Waals surface area contributed by atoms with E-state index < -0.39 is 0 Å². The van der Waals surface area contributed by atoms with Crippen LogP contribution in [0.5, 0.6) is 5.75 Å². The van der Waals surface area contributed by atoms with E-state index in [1.54, 1.807) is 0 Å². The number of aliphatic hydroxyl groups excluding tert-OH is 1. The van der Waals surface area contributed by atoms with Crippen molar-refractivity contribution in [1.29, 1.82) is 0 Å². The van der Waals surface area contributed by atoms with Crippen molar-refractivity contribution in [3.8, 4) is 5.75 Å². The van der Waals surface area contributed by atoms with Gasteiger partial charge in [0.15, 0.2) is 0 Å². The van der Waals surface area contributed by atoms with Crippen LogP contribution in [-0.4, -0.2) is 66.9 Å². The molecule has 112 valence electrons. The van der Waals surface area contributed by atoms with Crippen molar-refractivity contribution < 1.29 is 9.84 Å². The average Bonchev–Trinajstić information content (AvgIpc) is 2.50. The van der Waals surface area contributed by atoms with E-state index in [2.05, 4.69) is 9.80 Å². The van der Waals surface area contributed by atoms with Crippen LogP contribution in [0, 0.1) is 0 Å². The van der Waals surface area contributed by atoms with E-state index in [0.29, 0.717) is 0 Å². The van der Waals surface area contributed by atoms with Crippen LogP contribution in [-0.2, 0) is 0 Å². The minimum absolute atomic E-state index is 0.178. The first-order valence-electron chi connectivity index (χ1n) is 7.58. The molecule has 1 aliphatic heterocycles. The molecule has 2 rings (SSSR count). The lowest BCUT2D eigenvalue weighted by Crippen LogP contribution is -2.49. The molecule has 0 bridgehead atoms. The van der Waals surface area contributed by atoms with Crippen LogP contribution in [0.1, 0.15) is 13.3 Å². The van der Waals surface area contributed by atoms with E-state index in [9.17, 15) is 5.11 Å². The topological polar surface area (TPSA) is 35.9 Å². The van der Waals surface area contributed by atoms with Crippen LogP contribution in [0.25, 0.3) is 0 Å². The summed E-state index contributed by atoms with van der Waals surface area (Å²) in [6.45, 7) is 8.77. The molecule has 1 heterocycles. The Balaban J connectivity index is 1.60. The highest BCUT2D eigenvalue weighted by Gasteiger charge is 2.18. The molecule has 0 radical (unpaired) electrons. The van der Waals surface area contributed by atoms with E-state index in [1.165, 1.54) is 0 Å². The first-order chi connectivity index (χ1) is 9.78. The summed E-state index contributed by atoms with van der Waals surface area (Å²) in [5, 5.41) is 9.67. The molecule has 1 aromatic rings. The van der Waals surface area contributed by atoms with E-state index in [-0.39, 0.29) is 6.10 Å². The first kappa shape index (κ1) is 15.3. The van der Waals surface area contributed by atoms with Crippen LogP contribution in [0.2, 0.25) is 0 Å². The van der Waals surface area contributed by atoms with E-state index >= 15 is 0 Å². The van der Waals surface area contributed by atoms with Crippen LogP contribution in [0.4, 0.5) is 0 Å². The highest BCUT2D eigenvalue weighted by Crippen LogP contribution is 2.09. The van der Waals surface area contributed by atoms with E-state index in [1.807, 2.05) is 37.3 Å². The van der Waals surface area contributed by atoms with Gasteiger partial charge in [-0.1, -0.05) is 25.1 Å². The minimum atomic E-state index is -0.178. The molecule has 0 amide bonds. The maximum atomic E-state index is 9.67. The molecule has 1 atom stereocenters. The Morgan fingerprint density at radius 3 is 2.40 bits per heavy atom. The molecule has 1 saturated heterocycles. The second-order valence-electron chi connectivity index (χ2n) is 5.37. The Morgan fingerprint density at radius 2 is 1.75 bits per heavy atom. The average molecular weight is 278 g/mol. The van der Waals surface area contributed by atoms with Crippen LogP contribution < -0.4 is 4.74 Å². The summed E-state index contributed by atoms with van der Waals surface area (Å²) in [5.74, 6) is 0.942. The van der Waals surface area contributed by atoms with Gasteiger partial charge in [0.25, 0.3) is 0 Å². The second-order valence-corrected chi connectivity index (χ2v) is 5.37. The minimum Gasteiger partial charge on any atom is -0.492 e. The molecule has 1 aliphatic rings. The first-order valence-corrected chi connectivity index (χ1v) is 7.58. The van der Waals surface area contributed by atoms with Gasteiger partial charge >= 0.3 is 0 Å². The Hall–Kier alpha value is -1.10. The number of rotatable bonds is 7. The highest BCUT2D eigenvalue weighted by molar-refractivity contribution is 5.20. The van der Waals surface area contributed by atoms with Gasteiger partial charge in [-0.3, -0.25) is 9.80 Å². The van der Waals surface area contributed by atoms with Gasteiger partial charge in [-0.05, 0) is 18.6 Å². The third-order valence-corrected chi connectivity index (χ3v) is 3.82. The van der Waals surface area contributed by atoms with Gasteiger partial charge in [0.05, 0.1) is 6.10 Å². The molecular formula is C16H26N2O2. The summed E-state index contributed by atoms with van der Waals surface area (Å²) in [6.07, 6.45) is 0.661. The summed E-state index contributed by atoms with van der Waals surface area (Å²) in [7, 11) is 0. The summed E-state index contributed by atoms with van der Waals surface area (Å²) < 4.78 is 5.72. The van der Waals surface area contributed by atoms with Gasteiger partial charge in [0, 0.05) is 39.3 Å². The summed E-state index contributed by atoms with van der Waals surface area (Å²) in [5.41, 5.74) is 0. The zero-order chi connectivity index (χ0) is 14.2. The van der Waals surface area contributed by atoms with E-state index in [4.69, 9.17) is 4.74 Å². The Morgan fingerprint density at radius 1 is 1.10 bits per heavy atom. The Kier molecular flexibility index (Phi) is 6.30. The maximum Gasteiger partial charge on any atom is 0.119 e. The molecule has 0 saturated carbocycles. The molecule has 20 heavy (non-hydrogen) atoms. The number of hydrogen-bond donors (Lipinski definition) is 1. The number of hydrogen-bond acceptors (Lipinski definition) is 4. The van der Waals surface area contributed by atoms with Crippen LogP contribution in [0.15, 0.2) is 30.3 Å². The molecular weight excluding hydrogens is 252 g/mol. The predicted octanol–water partition coefficient (Wildman–Crippen LogP) is 1.45. The van der Waals surface area contributed by atoms with Gasteiger partial charge in [0.2, 0.25) is 0 Å². The van der Waals surface area contributed by atoms with Crippen molar-refractivity contribution in [3.63, 3.8) is 0 Å². The summed E-state index contributed by atoms with van der Waals surface area (Å²) >= 11 is 0. The van der Waals surface area contributed by atoms with Gasteiger partial charge in [-0.2, -0.15) is 0 Å². The third-order valence-electron chi connectivity index (χ3n) is 3.82. The SMILES string of the molecule is CCC(O)CN1CCN(CCOc2ccccc2)CC1. The fourth-order valence-electron chi connectivity index (χ4n) is 2.43. The third kappa shape index (κ3) is 5.12. The summed E-state index contributed by atoms with van der Waals surface area (Å²) in [6, 6.07) is 9.96. The number of aliphatic hydroxyl groups is 1. The number of piperazine rings is 1. The number of nitrogens with zero attached hydrogens (tertiary/aromatic N) is 2. The molecule has 1 aromatic carbocycles. The Bertz CT molecular complexity index is 364. The van der Waals surface area contributed by atoms with Crippen molar-refractivity contribution >= 4 is 0 Å². The van der Waals surface area contributed by atoms with Crippen molar-refractivity contribution in [2.75, 3.05) is 45.9 Å². The number of ether oxygens (including phenoxy) is 1. The molecule has 0 aromatic heterocycles. The van der Waals surface area contributed by atoms with Crippen molar-refractivity contribution in [2.45, 2.75) is 19.4 Å². The van der Waals surface area contributed by atoms with Gasteiger partial charge in [0.1, 0.15) is 12.4 Å². The monoisotopic (exact) mass is 278 g/mol. The standard InChI is InChI=1S/C16H26N2O2/c1-2-15(19)14-18-10-8-17(9-11-18)12-13-20-16-6-4-3-5-7-16/h3-7,15,19H,2,8-14H2,1H3.